The van der Waals surface area contributed by atoms with Gasteiger partial charge in [0.15, 0.2) is 0 Å². The molecule has 0 saturated carbocycles. The molecule has 1 rings (SSSR count). The number of nitrogens with zero attached hydrogens (tertiary/aromatic N) is 2. The molecule has 2 unspecified atom stereocenters. The van der Waals surface area contributed by atoms with E-state index in [4.69, 9.17) is 14.6 Å². The first kappa shape index (κ1) is 30.9. The SMILES string of the molecule is [CH2-]OCC(O)COCC(=O)N1CCCCC1.[CH2-]OCC(O)COCCN(C)C(C)=O.[Rf]. The normalized spacial score (nSPS) is 15.2. The summed E-state index contributed by atoms with van der Waals surface area (Å²) >= 11 is 0. The van der Waals surface area contributed by atoms with Crippen LogP contribution in [0.3, 0.4) is 0 Å². The van der Waals surface area contributed by atoms with Gasteiger partial charge in [0.1, 0.15) is 6.61 Å². The second kappa shape index (κ2) is 19.7. The maximum Gasteiger partial charge on any atom is 0.248 e. The number of aliphatic hydroxyl groups excluding tert-OH is 2. The third-order valence-corrected chi connectivity index (χ3v) is 4.28. The van der Waals surface area contributed by atoms with Crippen molar-refractivity contribution in [2.75, 3.05) is 66.3 Å². The van der Waals surface area contributed by atoms with Crippen LogP contribution in [0.15, 0.2) is 0 Å². The zero-order valence-electron chi connectivity index (χ0n) is 19.0. The van der Waals surface area contributed by atoms with Gasteiger partial charge in [-0.15, -0.1) is 0 Å². The summed E-state index contributed by atoms with van der Waals surface area (Å²) in [7, 11) is 7.98. The Morgan fingerprint density at radius 3 is 1.97 bits per heavy atom. The Morgan fingerprint density at radius 1 is 0.968 bits per heavy atom. The van der Waals surface area contributed by atoms with E-state index < -0.39 is 12.2 Å². The van der Waals surface area contributed by atoms with Gasteiger partial charge >= 0.3 is 0 Å². The molecule has 1 heterocycles. The summed E-state index contributed by atoms with van der Waals surface area (Å²) in [5, 5.41) is 18.4. The largest absolute Gasteiger partial charge is 0.553 e. The number of aliphatic hydroxyl groups is 2. The van der Waals surface area contributed by atoms with E-state index in [9.17, 15) is 14.7 Å². The summed E-state index contributed by atoms with van der Waals surface area (Å²) in [6.45, 7) is 4.69. The van der Waals surface area contributed by atoms with Crippen molar-refractivity contribution in [3.8, 4) is 0 Å². The molecule has 2 amide bonds. The second-order valence-corrected chi connectivity index (χ2v) is 7.02. The van der Waals surface area contributed by atoms with Crippen molar-refractivity contribution in [2.45, 2.75) is 38.4 Å². The molecule has 10 nitrogen and oxygen atoms in total. The molecule has 1 saturated heterocycles. The van der Waals surface area contributed by atoms with Crippen LogP contribution in [0.2, 0.25) is 0 Å². The second-order valence-electron chi connectivity index (χ2n) is 7.02. The van der Waals surface area contributed by atoms with Crippen LogP contribution in [-0.4, -0.2) is 110 Å². The minimum Gasteiger partial charge on any atom is -0.553 e. The molecule has 1 aliphatic heterocycles. The number of rotatable bonds is 13. The molecule has 0 bridgehead atoms. The Balaban J connectivity index is 0. The summed E-state index contributed by atoms with van der Waals surface area (Å²) in [6, 6.07) is 0. The van der Waals surface area contributed by atoms with Crippen molar-refractivity contribution >= 4 is 11.8 Å². The van der Waals surface area contributed by atoms with Gasteiger partial charge in [-0.2, -0.15) is 0 Å². The molecule has 0 aliphatic carbocycles. The first-order valence-corrected chi connectivity index (χ1v) is 10.1. The molecule has 1 aliphatic rings. The van der Waals surface area contributed by atoms with Crippen LogP contribution in [0, 0.1) is 14.2 Å². The smallest absolute Gasteiger partial charge is 0.248 e. The maximum absolute atomic E-state index is 11.6. The van der Waals surface area contributed by atoms with Gasteiger partial charge < -0.3 is 39.0 Å². The molecule has 0 aromatic rings. The van der Waals surface area contributed by atoms with E-state index in [1.165, 1.54) is 13.3 Å². The third kappa shape index (κ3) is 17.1. The number of hydrogen-bond donors (Lipinski definition) is 2. The van der Waals surface area contributed by atoms with Gasteiger partial charge in [0.25, 0.3) is 0 Å². The molecule has 180 valence electrons. The molecule has 0 spiro atoms. The predicted octanol–water partition coefficient (Wildman–Crippen LogP) is -0.165. The summed E-state index contributed by atoms with van der Waals surface area (Å²) in [4.78, 5) is 25.7. The fourth-order valence-electron chi connectivity index (χ4n) is 2.46. The number of hydrogen-bond acceptors (Lipinski definition) is 8. The summed E-state index contributed by atoms with van der Waals surface area (Å²) in [5.41, 5.74) is 0. The molecular formula is C20H38N2O8Rf-2. The Morgan fingerprint density at radius 2 is 1.48 bits per heavy atom. The third-order valence-electron chi connectivity index (χ3n) is 4.28. The molecule has 2 N–H and O–H groups in total. The predicted molar refractivity (Wildman–Crippen MR) is 110 cm³/mol. The van der Waals surface area contributed by atoms with Crippen molar-refractivity contribution < 1.29 is 38.7 Å². The molecule has 1 fully saturated rings. The van der Waals surface area contributed by atoms with Gasteiger partial charge in [0, 0.05) is 46.8 Å². The number of likely N-dealkylation sites (N-methyl/N-ethyl adjacent to an activating group) is 1. The van der Waals surface area contributed by atoms with Gasteiger partial charge in [-0.25, -0.2) is 14.2 Å². The monoisotopic (exact) mass is 701 g/mol. The van der Waals surface area contributed by atoms with Crippen LogP contribution < -0.4 is 0 Å². The molecule has 0 aromatic carbocycles. The number of amides is 2. The van der Waals surface area contributed by atoms with Crippen molar-refractivity contribution in [3.63, 3.8) is 0 Å². The van der Waals surface area contributed by atoms with Gasteiger partial charge in [-0.3, -0.25) is 9.59 Å². The van der Waals surface area contributed by atoms with Crippen LogP contribution in [0.4, 0.5) is 0 Å². The fourth-order valence-corrected chi connectivity index (χ4v) is 2.46. The average Bonchev–Trinajstić information content (AvgIpc) is 2.72. The minimum atomic E-state index is -0.716. The van der Waals surface area contributed by atoms with E-state index >= 15 is 0 Å². The summed E-state index contributed by atoms with van der Waals surface area (Å²) < 4.78 is 19.2. The number of carbonyl (C=O) groups is 2. The Hall–Kier alpha value is -2.30. The maximum atomic E-state index is 11.6. The standard InChI is InChI=1S/C11H20NO4.C9H18NO4.Rf/c1-15-7-10(13)8-16-9-11(14)12-5-3-2-4-6-12;1-8(11)10(2)4-5-14-7-9(12)6-13-3;/h10,13H,1-9H2;9,12H,3-7H2,1-2H3;/q2*-1;. The Kier molecular flexibility index (Phi) is 19.6. The summed E-state index contributed by atoms with van der Waals surface area (Å²) in [5.74, 6) is -0.00215. The van der Waals surface area contributed by atoms with Crippen LogP contribution in [-0.2, 0) is 28.5 Å². The van der Waals surface area contributed by atoms with E-state index in [2.05, 4.69) is 23.7 Å². The molecule has 11 heteroatoms. The fraction of sp³-hybridized carbons (Fsp3) is 0.800. The molecule has 2 atom stereocenters. The zero-order valence-corrected chi connectivity index (χ0v) is 25.4. The van der Waals surface area contributed by atoms with Crippen molar-refractivity contribution in [1.82, 2.24) is 9.80 Å². The van der Waals surface area contributed by atoms with Crippen molar-refractivity contribution in [2.24, 2.45) is 0 Å². The quantitative estimate of drug-likeness (QED) is 0.201. The van der Waals surface area contributed by atoms with E-state index in [0.717, 1.165) is 25.9 Å². The van der Waals surface area contributed by atoms with Crippen LogP contribution >= 0.6 is 0 Å². The van der Waals surface area contributed by atoms with Crippen molar-refractivity contribution in [1.29, 1.82) is 0 Å². The average molecular weight is 702 g/mol. The molecule has 0 aromatic heterocycles. The molecule has 31 heavy (non-hydrogen) atoms. The first-order chi connectivity index (χ1) is 14.3. The van der Waals surface area contributed by atoms with Crippen LogP contribution in [0.1, 0.15) is 26.2 Å². The van der Waals surface area contributed by atoms with Gasteiger partial charge in [0.05, 0.1) is 32.0 Å². The Bertz CT molecular complexity index is 453. The van der Waals surface area contributed by atoms with Crippen LogP contribution in [0.5, 0.6) is 0 Å². The minimum absolute atomic E-state index is 0. The number of likely N-dealkylation sites (tertiary alicyclic amines) is 1. The first-order valence-electron chi connectivity index (χ1n) is 10.1. The number of ether oxygens (including phenoxy) is 4. The van der Waals surface area contributed by atoms with Crippen molar-refractivity contribution in [3.05, 3.63) is 14.2 Å². The van der Waals surface area contributed by atoms with E-state index in [0.29, 0.717) is 13.2 Å². The number of carbonyl (C=O) groups excluding carboxylic acids is 2. The Labute approximate surface area is 180 Å². The van der Waals surface area contributed by atoms with Crippen LogP contribution in [0.25, 0.3) is 0 Å². The molecular weight excluding hydrogens is 663 g/mol. The van der Waals surface area contributed by atoms with E-state index in [-0.39, 0.29) is 44.8 Å². The van der Waals surface area contributed by atoms with E-state index in [1.54, 1.807) is 11.9 Å². The van der Waals surface area contributed by atoms with Gasteiger partial charge in [-0.05, 0) is 19.3 Å². The van der Waals surface area contributed by atoms with Gasteiger partial charge in [-0.1, -0.05) is 0 Å². The van der Waals surface area contributed by atoms with E-state index in [1.807, 2.05) is 4.90 Å². The topological polar surface area (TPSA) is 118 Å². The zero-order chi connectivity index (χ0) is 22.8. The van der Waals surface area contributed by atoms with Gasteiger partial charge in [0.2, 0.25) is 11.8 Å². The molecule has 0 radical (unpaired) electrons. The summed E-state index contributed by atoms with van der Waals surface area (Å²) in [6.07, 6.45) is 1.97. The number of piperidine rings is 1.